The van der Waals surface area contributed by atoms with Crippen molar-refractivity contribution in [2.24, 2.45) is 7.05 Å². The normalized spacial score (nSPS) is 11.2. The van der Waals surface area contributed by atoms with Gasteiger partial charge in [-0.25, -0.2) is 4.98 Å². The summed E-state index contributed by atoms with van der Waals surface area (Å²) < 4.78 is 3.11. The van der Waals surface area contributed by atoms with Crippen molar-refractivity contribution < 1.29 is 0 Å². The van der Waals surface area contributed by atoms with Gasteiger partial charge < -0.3 is 9.88 Å². The molecule has 2 aromatic carbocycles. The number of halogens is 1. The third-order valence-electron chi connectivity index (χ3n) is 4.45. The van der Waals surface area contributed by atoms with Crippen molar-refractivity contribution in [1.82, 2.24) is 19.9 Å². The molecule has 0 fully saturated rings. The van der Waals surface area contributed by atoms with Gasteiger partial charge in [0, 0.05) is 54.2 Å². The predicted octanol–water partition coefficient (Wildman–Crippen LogP) is 4.69. The fourth-order valence-corrected chi connectivity index (χ4v) is 3.60. The zero-order chi connectivity index (χ0) is 17.9. The smallest absolute Gasteiger partial charge is 0.139 e. The summed E-state index contributed by atoms with van der Waals surface area (Å²) in [6.45, 7) is 1.57. The highest BCUT2D eigenvalue weighted by atomic mass is 79.9. The van der Waals surface area contributed by atoms with E-state index in [4.69, 9.17) is 0 Å². The van der Waals surface area contributed by atoms with E-state index in [1.54, 1.807) is 0 Å². The molecular formula is C21H19BrN4. The molecule has 1 N–H and O–H groups in total. The van der Waals surface area contributed by atoms with E-state index >= 15 is 0 Å². The first-order chi connectivity index (χ1) is 12.7. The fraction of sp³-hybridized carbons (Fsp3) is 0.143. The lowest BCUT2D eigenvalue weighted by atomic mass is 10.1. The molecule has 0 radical (unpaired) electrons. The van der Waals surface area contributed by atoms with E-state index in [1.165, 1.54) is 11.1 Å². The van der Waals surface area contributed by atoms with Crippen LogP contribution < -0.4 is 5.32 Å². The third kappa shape index (κ3) is 3.41. The zero-order valence-corrected chi connectivity index (χ0v) is 16.1. The summed E-state index contributed by atoms with van der Waals surface area (Å²) in [5, 5.41) is 4.68. The minimum absolute atomic E-state index is 0.771. The summed E-state index contributed by atoms with van der Waals surface area (Å²) >= 11 is 3.60. The number of aromatic nitrogens is 3. The maximum Gasteiger partial charge on any atom is 0.139 e. The summed E-state index contributed by atoms with van der Waals surface area (Å²) in [5.41, 5.74) is 4.60. The monoisotopic (exact) mass is 406 g/mol. The molecule has 0 atom stereocenters. The van der Waals surface area contributed by atoms with Gasteiger partial charge in [-0.1, -0.05) is 46.3 Å². The number of hydrogen-bond donors (Lipinski definition) is 1. The minimum Gasteiger partial charge on any atom is -0.334 e. The molecule has 26 heavy (non-hydrogen) atoms. The molecule has 2 aromatic heterocycles. The average Bonchev–Trinajstić information content (AvgIpc) is 3.10. The van der Waals surface area contributed by atoms with Crippen molar-refractivity contribution in [1.29, 1.82) is 0 Å². The van der Waals surface area contributed by atoms with Gasteiger partial charge in [0.15, 0.2) is 0 Å². The molecule has 0 bridgehead atoms. The molecular weight excluding hydrogens is 388 g/mol. The maximum absolute atomic E-state index is 4.54. The molecule has 0 amide bonds. The highest BCUT2D eigenvalue weighted by molar-refractivity contribution is 9.10. The minimum atomic E-state index is 0.771. The Morgan fingerprint density at radius 1 is 1.00 bits per heavy atom. The Labute approximate surface area is 161 Å². The van der Waals surface area contributed by atoms with Crippen LogP contribution in [-0.4, -0.2) is 14.5 Å². The number of nitrogens with one attached hydrogen (secondary N) is 1. The first-order valence-electron chi connectivity index (χ1n) is 8.52. The number of rotatable bonds is 5. The number of benzene rings is 2. The lowest BCUT2D eigenvalue weighted by Crippen LogP contribution is -2.13. The first-order valence-corrected chi connectivity index (χ1v) is 9.31. The average molecular weight is 407 g/mol. The van der Waals surface area contributed by atoms with Crippen LogP contribution in [0.3, 0.4) is 0 Å². The summed E-state index contributed by atoms with van der Waals surface area (Å²) in [6.07, 6.45) is 5.63. The molecule has 0 saturated heterocycles. The molecule has 0 aliphatic heterocycles. The lowest BCUT2D eigenvalue weighted by molar-refractivity contribution is 0.696. The Morgan fingerprint density at radius 3 is 2.77 bits per heavy atom. The largest absolute Gasteiger partial charge is 0.334 e. The van der Waals surface area contributed by atoms with Crippen molar-refractivity contribution in [2.45, 2.75) is 13.1 Å². The van der Waals surface area contributed by atoms with E-state index in [9.17, 15) is 0 Å². The van der Waals surface area contributed by atoms with Crippen molar-refractivity contribution >= 4 is 26.8 Å². The van der Waals surface area contributed by atoms with Crippen molar-refractivity contribution in [3.63, 3.8) is 0 Å². The van der Waals surface area contributed by atoms with Crippen LogP contribution >= 0.6 is 15.9 Å². The van der Waals surface area contributed by atoms with Crippen molar-refractivity contribution in [2.75, 3.05) is 0 Å². The van der Waals surface area contributed by atoms with Gasteiger partial charge in [-0.2, -0.15) is 0 Å². The number of nitrogens with zero attached hydrogens (tertiary/aromatic N) is 3. The summed E-state index contributed by atoms with van der Waals surface area (Å²) in [6, 6.07) is 16.8. The fourth-order valence-electron chi connectivity index (χ4n) is 3.14. The van der Waals surface area contributed by atoms with Gasteiger partial charge in [0.05, 0.1) is 5.52 Å². The van der Waals surface area contributed by atoms with Crippen molar-refractivity contribution in [3.8, 4) is 11.4 Å². The molecule has 0 saturated carbocycles. The second-order valence-corrected chi connectivity index (χ2v) is 7.13. The molecule has 0 spiro atoms. The SMILES string of the molecule is Cn1ccnc1-c1cccc(CNCc2ccc(Br)c3cccnc23)c1. The van der Waals surface area contributed by atoms with Gasteiger partial charge in [-0.3, -0.25) is 4.98 Å². The van der Waals surface area contributed by atoms with E-state index in [-0.39, 0.29) is 0 Å². The second kappa shape index (κ2) is 7.40. The van der Waals surface area contributed by atoms with E-state index in [1.807, 2.05) is 36.3 Å². The molecule has 0 aliphatic carbocycles. The summed E-state index contributed by atoms with van der Waals surface area (Å²) in [4.78, 5) is 8.97. The molecule has 4 nitrogen and oxygen atoms in total. The Hall–Kier alpha value is -2.50. The van der Waals surface area contributed by atoms with Gasteiger partial charge in [-0.05, 0) is 29.3 Å². The van der Waals surface area contributed by atoms with Gasteiger partial charge >= 0.3 is 0 Å². The maximum atomic E-state index is 4.54. The molecule has 4 aromatic rings. The summed E-state index contributed by atoms with van der Waals surface area (Å²) in [7, 11) is 2.01. The quantitative estimate of drug-likeness (QED) is 0.522. The zero-order valence-electron chi connectivity index (χ0n) is 14.5. The molecule has 0 aliphatic rings. The van der Waals surface area contributed by atoms with Crippen LogP contribution in [0.4, 0.5) is 0 Å². The van der Waals surface area contributed by atoms with Gasteiger partial charge in [0.2, 0.25) is 0 Å². The lowest BCUT2D eigenvalue weighted by Gasteiger charge is -2.10. The topological polar surface area (TPSA) is 42.7 Å². The molecule has 0 unspecified atom stereocenters. The number of pyridine rings is 1. The molecule has 4 rings (SSSR count). The number of imidazole rings is 1. The third-order valence-corrected chi connectivity index (χ3v) is 5.14. The van der Waals surface area contributed by atoms with Gasteiger partial charge in [-0.15, -0.1) is 0 Å². The Balaban J connectivity index is 1.49. The van der Waals surface area contributed by atoms with Crippen LogP contribution in [0.1, 0.15) is 11.1 Å². The van der Waals surface area contributed by atoms with Crippen LogP contribution in [0.5, 0.6) is 0 Å². The highest BCUT2D eigenvalue weighted by Gasteiger charge is 2.06. The Bertz CT molecular complexity index is 1050. The summed E-state index contributed by atoms with van der Waals surface area (Å²) in [5.74, 6) is 0.981. The molecule has 2 heterocycles. The number of fused-ring (bicyclic) bond motifs is 1. The van der Waals surface area contributed by atoms with E-state index in [0.717, 1.165) is 39.9 Å². The van der Waals surface area contributed by atoms with E-state index in [0.29, 0.717) is 0 Å². The first kappa shape index (κ1) is 16.9. The standard InChI is InChI=1S/C21H19BrN4/c1-26-11-10-25-21(26)16-5-2-4-15(12-16)13-23-14-17-7-8-19(22)18-6-3-9-24-20(17)18/h2-12,23H,13-14H2,1H3. The van der Waals surface area contributed by atoms with Crippen LogP contribution in [0.25, 0.3) is 22.3 Å². The molecule has 5 heteroatoms. The van der Waals surface area contributed by atoms with Crippen LogP contribution in [-0.2, 0) is 20.1 Å². The van der Waals surface area contributed by atoms with Gasteiger partial charge in [0.25, 0.3) is 0 Å². The van der Waals surface area contributed by atoms with E-state index in [2.05, 4.69) is 73.7 Å². The van der Waals surface area contributed by atoms with Crippen LogP contribution in [0.2, 0.25) is 0 Å². The Morgan fingerprint density at radius 2 is 1.92 bits per heavy atom. The second-order valence-electron chi connectivity index (χ2n) is 6.27. The van der Waals surface area contributed by atoms with Gasteiger partial charge in [0.1, 0.15) is 5.82 Å². The highest BCUT2D eigenvalue weighted by Crippen LogP contribution is 2.25. The van der Waals surface area contributed by atoms with E-state index < -0.39 is 0 Å². The number of hydrogen-bond acceptors (Lipinski definition) is 3. The van der Waals surface area contributed by atoms with Crippen LogP contribution in [0, 0.1) is 0 Å². The van der Waals surface area contributed by atoms with Crippen LogP contribution in [0.15, 0.2) is 71.6 Å². The van der Waals surface area contributed by atoms with Crippen molar-refractivity contribution in [3.05, 3.63) is 82.7 Å². The molecule has 130 valence electrons. The number of aryl methyl sites for hydroxylation is 1. The predicted molar refractivity (Wildman–Crippen MR) is 109 cm³/mol. The Kier molecular flexibility index (Phi) is 4.82.